The smallest absolute Gasteiger partial charge is 0.253 e. The summed E-state index contributed by atoms with van der Waals surface area (Å²) in [4.78, 5) is 31.0. The number of carbonyl (C=O) groups excluding carboxylic acids is 2. The summed E-state index contributed by atoms with van der Waals surface area (Å²) in [5.74, 6) is 0.954. The number of hydrogen-bond acceptors (Lipinski definition) is 5. The van der Waals surface area contributed by atoms with Crippen LogP contribution < -0.4 is 10.6 Å². The highest BCUT2D eigenvalue weighted by Crippen LogP contribution is 2.29. The van der Waals surface area contributed by atoms with Gasteiger partial charge in [0.25, 0.3) is 5.91 Å². The molecule has 0 saturated carbocycles. The van der Waals surface area contributed by atoms with Crippen LogP contribution in [0.2, 0.25) is 0 Å². The molecule has 2 aliphatic rings. The summed E-state index contributed by atoms with van der Waals surface area (Å²) in [5.41, 5.74) is 2.34. The number of carbonyl (C=O) groups is 2. The first kappa shape index (κ1) is 16.8. The third-order valence-corrected chi connectivity index (χ3v) is 5.32. The highest BCUT2D eigenvalue weighted by Gasteiger charge is 2.43. The van der Waals surface area contributed by atoms with E-state index < -0.39 is 0 Å². The van der Waals surface area contributed by atoms with Crippen molar-refractivity contribution in [1.82, 2.24) is 19.8 Å². The van der Waals surface area contributed by atoms with Gasteiger partial charge >= 0.3 is 0 Å². The number of aromatic nitrogens is 2. The largest absolute Gasteiger partial charge is 0.383 e. The molecule has 0 unspecified atom stereocenters. The molecular weight excluding hydrogens is 334 g/mol. The van der Waals surface area contributed by atoms with Gasteiger partial charge in [-0.3, -0.25) is 9.59 Å². The van der Waals surface area contributed by atoms with Crippen molar-refractivity contribution in [2.75, 3.05) is 45.2 Å². The number of rotatable bonds is 5. The number of benzene rings is 1. The van der Waals surface area contributed by atoms with E-state index in [0.29, 0.717) is 38.3 Å². The molecule has 2 saturated heterocycles. The van der Waals surface area contributed by atoms with Crippen molar-refractivity contribution in [3.63, 3.8) is 0 Å². The lowest BCUT2D eigenvalue weighted by atomic mass is 10.0. The number of aryl methyl sites for hydroxylation is 1. The molecule has 2 amide bonds. The standard InChI is InChI=1S/C18H23N5O3/c1-22-15-4-3-11(7-14(15)21-18(22)19-5-6-26-2)17(25)23-9-12-8-20-16(24)13(12)10-23/h3-4,7,12-13H,5-6,8-10H2,1-2H3,(H,19,21)(H,20,24)/t12-,13+/m0/s1. The number of imidazole rings is 1. The molecular formula is C18H23N5O3. The number of anilines is 1. The molecule has 2 N–H and O–H groups in total. The van der Waals surface area contributed by atoms with E-state index in [1.807, 2.05) is 29.8 Å². The Morgan fingerprint density at radius 2 is 2.27 bits per heavy atom. The van der Waals surface area contributed by atoms with E-state index in [0.717, 1.165) is 17.0 Å². The molecule has 4 rings (SSSR count). The summed E-state index contributed by atoms with van der Waals surface area (Å²) in [5, 5.41) is 6.10. The molecule has 0 bridgehead atoms. The summed E-state index contributed by atoms with van der Waals surface area (Å²) in [7, 11) is 3.59. The number of nitrogens with one attached hydrogen (secondary N) is 2. The van der Waals surface area contributed by atoms with E-state index in [4.69, 9.17) is 4.74 Å². The molecule has 2 aromatic rings. The molecule has 1 aromatic carbocycles. The fourth-order valence-electron chi connectivity index (χ4n) is 3.84. The first-order chi connectivity index (χ1) is 12.6. The van der Waals surface area contributed by atoms with Crippen LogP contribution in [0.1, 0.15) is 10.4 Å². The lowest BCUT2D eigenvalue weighted by Gasteiger charge is -2.17. The van der Waals surface area contributed by atoms with Crippen LogP contribution in [0, 0.1) is 11.8 Å². The SMILES string of the molecule is COCCNc1nc2cc(C(=O)N3C[C@@H]4CNC(=O)[C@@H]4C3)ccc2n1C. The summed E-state index contributed by atoms with van der Waals surface area (Å²) >= 11 is 0. The Balaban J connectivity index is 1.53. The van der Waals surface area contributed by atoms with Gasteiger partial charge in [0.2, 0.25) is 11.9 Å². The zero-order chi connectivity index (χ0) is 18.3. The van der Waals surface area contributed by atoms with Gasteiger partial charge in [0.05, 0.1) is 23.6 Å². The summed E-state index contributed by atoms with van der Waals surface area (Å²) in [6, 6.07) is 5.58. The zero-order valence-electron chi connectivity index (χ0n) is 15.0. The lowest BCUT2D eigenvalue weighted by molar-refractivity contribution is -0.122. The van der Waals surface area contributed by atoms with Crippen LogP contribution in [0.25, 0.3) is 11.0 Å². The summed E-state index contributed by atoms with van der Waals surface area (Å²) in [6.45, 7) is 3.06. The summed E-state index contributed by atoms with van der Waals surface area (Å²) in [6.07, 6.45) is 0. The van der Waals surface area contributed by atoms with E-state index >= 15 is 0 Å². The first-order valence-corrected chi connectivity index (χ1v) is 8.84. The molecule has 2 atom stereocenters. The predicted molar refractivity (Wildman–Crippen MR) is 97.0 cm³/mol. The monoisotopic (exact) mass is 357 g/mol. The van der Waals surface area contributed by atoms with Gasteiger partial charge in [0.1, 0.15) is 0 Å². The second kappa shape index (κ2) is 6.60. The molecule has 2 aliphatic heterocycles. The maximum absolute atomic E-state index is 12.9. The third-order valence-electron chi connectivity index (χ3n) is 5.32. The van der Waals surface area contributed by atoms with Crippen molar-refractivity contribution in [3.8, 4) is 0 Å². The number of methoxy groups -OCH3 is 1. The molecule has 8 nitrogen and oxygen atoms in total. The molecule has 2 fully saturated rings. The van der Waals surface area contributed by atoms with E-state index in [1.165, 1.54) is 0 Å². The van der Waals surface area contributed by atoms with Crippen LogP contribution in [0.4, 0.5) is 5.95 Å². The highest BCUT2D eigenvalue weighted by molar-refractivity contribution is 5.98. The number of fused-ring (bicyclic) bond motifs is 2. The normalized spacial score (nSPS) is 21.9. The van der Waals surface area contributed by atoms with Gasteiger partial charge in [-0.05, 0) is 18.2 Å². The van der Waals surface area contributed by atoms with Crippen LogP contribution in [0.5, 0.6) is 0 Å². The predicted octanol–water partition coefficient (Wildman–Crippen LogP) is 0.450. The van der Waals surface area contributed by atoms with E-state index in [-0.39, 0.29) is 23.7 Å². The van der Waals surface area contributed by atoms with Crippen molar-refractivity contribution in [2.45, 2.75) is 0 Å². The average molecular weight is 357 g/mol. The molecule has 3 heterocycles. The van der Waals surface area contributed by atoms with E-state index in [2.05, 4.69) is 15.6 Å². The quantitative estimate of drug-likeness (QED) is 0.759. The highest BCUT2D eigenvalue weighted by atomic mass is 16.5. The Hall–Kier alpha value is -2.61. The van der Waals surface area contributed by atoms with Gasteiger partial charge in [0.15, 0.2) is 0 Å². The van der Waals surface area contributed by atoms with Crippen LogP contribution in [-0.4, -0.2) is 66.2 Å². The van der Waals surface area contributed by atoms with Gasteiger partial charge in [0, 0.05) is 51.8 Å². The van der Waals surface area contributed by atoms with Crippen molar-refractivity contribution in [3.05, 3.63) is 23.8 Å². The van der Waals surface area contributed by atoms with Crippen LogP contribution >= 0.6 is 0 Å². The number of nitrogens with zero attached hydrogens (tertiary/aromatic N) is 3. The lowest BCUT2D eigenvalue weighted by Crippen LogP contribution is -2.33. The topological polar surface area (TPSA) is 88.5 Å². The van der Waals surface area contributed by atoms with Crippen molar-refractivity contribution in [1.29, 1.82) is 0 Å². The van der Waals surface area contributed by atoms with Gasteiger partial charge < -0.3 is 24.8 Å². The molecule has 0 radical (unpaired) electrons. The second-order valence-electron chi connectivity index (χ2n) is 6.94. The van der Waals surface area contributed by atoms with Gasteiger partial charge in [-0.25, -0.2) is 4.98 Å². The van der Waals surface area contributed by atoms with E-state index in [9.17, 15) is 9.59 Å². The Morgan fingerprint density at radius 1 is 1.42 bits per heavy atom. The Kier molecular flexibility index (Phi) is 4.28. The minimum absolute atomic E-state index is 0.0337. The molecule has 1 aromatic heterocycles. The number of ether oxygens (including phenoxy) is 1. The summed E-state index contributed by atoms with van der Waals surface area (Å²) < 4.78 is 7.01. The van der Waals surface area contributed by atoms with Crippen molar-refractivity contribution >= 4 is 28.8 Å². The molecule has 8 heteroatoms. The second-order valence-corrected chi connectivity index (χ2v) is 6.94. The Morgan fingerprint density at radius 3 is 3.04 bits per heavy atom. The first-order valence-electron chi connectivity index (χ1n) is 8.84. The maximum atomic E-state index is 12.9. The van der Waals surface area contributed by atoms with Crippen LogP contribution in [0.3, 0.4) is 0 Å². The minimum Gasteiger partial charge on any atom is -0.383 e. The van der Waals surface area contributed by atoms with Crippen molar-refractivity contribution in [2.24, 2.45) is 18.9 Å². The number of hydrogen-bond donors (Lipinski definition) is 2. The number of likely N-dealkylation sites (tertiary alicyclic amines) is 1. The number of amides is 2. The van der Waals surface area contributed by atoms with Crippen LogP contribution in [-0.2, 0) is 16.6 Å². The Bertz CT molecular complexity index is 862. The molecule has 26 heavy (non-hydrogen) atoms. The molecule has 0 spiro atoms. The minimum atomic E-state index is -0.0610. The van der Waals surface area contributed by atoms with Crippen molar-refractivity contribution < 1.29 is 14.3 Å². The van der Waals surface area contributed by atoms with Gasteiger partial charge in [-0.1, -0.05) is 0 Å². The molecule has 138 valence electrons. The molecule has 0 aliphatic carbocycles. The van der Waals surface area contributed by atoms with Crippen LogP contribution in [0.15, 0.2) is 18.2 Å². The average Bonchev–Trinajstić information content (AvgIpc) is 3.30. The van der Waals surface area contributed by atoms with Gasteiger partial charge in [-0.2, -0.15) is 0 Å². The Labute approximate surface area is 151 Å². The fraction of sp³-hybridized carbons (Fsp3) is 0.500. The maximum Gasteiger partial charge on any atom is 0.253 e. The van der Waals surface area contributed by atoms with Gasteiger partial charge in [-0.15, -0.1) is 0 Å². The fourth-order valence-corrected chi connectivity index (χ4v) is 3.84. The third kappa shape index (κ3) is 2.80. The zero-order valence-corrected chi connectivity index (χ0v) is 15.0. The van der Waals surface area contributed by atoms with E-state index in [1.54, 1.807) is 12.0 Å².